The van der Waals surface area contributed by atoms with Crippen molar-refractivity contribution in [1.29, 1.82) is 0 Å². The molecule has 1 aromatic heterocycles. The molecular formula is C17H15BN3O2. The normalized spacial score (nSPS) is 15.9. The smallest absolute Gasteiger partial charge is 0.330 e. The molecule has 3 heterocycles. The van der Waals surface area contributed by atoms with Crippen LogP contribution in [0.15, 0.2) is 30.3 Å². The highest BCUT2D eigenvalue weighted by Gasteiger charge is 2.19. The summed E-state index contributed by atoms with van der Waals surface area (Å²) in [6, 6.07) is 9.39. The van der Waals surface area contributed by atoms with Gasteiger partial charge >= 0.3 is 7.48 Å². The summed E-state index contributed by atoms with van der Waals surface area (Å²) in [5.74, 6) is 1.98. The lowest BCUT2D eigenvalue weighted by Gasteiger charge is -2.18. The Kier molecular flexibility index (Phi) is 3.64. The van der Waals surface area contributed by atoms with E-state index in [1.54, 1.807) is 19.6 Å². The fraction of sp³-hybridized carbons (Fsp3) is 0.294. The van der Waals surface area contributed by atoms with Crippen LogP contribution in [0.4, 0.5) is 11.5 Å². The zero-order chi connectivity index (χ0) is 15.6. The SMILES string of the molecule is [C-]#[N+]c1ccc(Oc2ccc3c(c2)CO[B]3)nc1N1CCCC1. The predicted octanol–water partition coefficient (Wildman–Crippen LogP) is 2.80. The molecule has 1 aromatic carbocycles. The third-order valence-corrected chi connectivity index (χ3v) is 4.14. The second-order valence-electron chi connectivity index (χ2n) is 5.69. The number of nitrogens with zero attached hydrogens (tertiary/aromatic N) is 3. The lowest BCUT2D eigenvalue weighted by molar-refractivity contribution is 0.344. The molecule has 2 aromatic rings. The monoisotopic (exact) mass is 304 g/mol. The second kappa shape index (κ2) is 5.94. The molecule has 0 spiro atoms. The average molecular weight is 304 g/mol. The number of ether oxygens (including phenoxy) is 1. The Bertz CT molecular complexity index is 782. The van der Waals surface area contributed by atoms with Crippen molar-refractivity contribution in [2.75, 3.05) is 18.0 Å². The van der Waals surface area contributed by atoms with E-state index < -0.39 is 0 Å². The van der Waals surface area contributed by atoms with Gasteiger partial charge in [-0.1, -0.05) is 6.07 Å². The van der Waals surface area contributed by atoms with Crippen molar-refractivity contribution in [3.05, 3.63) is 47.3 Å². The van der Waals surface area contributed by atoms with Gasteiger partial charge in [0.25, 0.3) is 0 Å². The molecule has 23 heavy (non-hydrogen) atoms. The molecule has 1 saturated heterocycles. The lowest BCUT2D eigenvalue weighted by atomic mass is 9.87. The standard InChI is InChI=1S/C17H15BN3O2/c1-19-15-6-7-16(20-17(15)21-8-2-3-9-21)23-13-4-5-14-12(10-13)11-22-18-14/h4-7,10H,2-3,8-9,11H2. The largest absolute Gasteiger partial charge is 0.439 e. The first-order chi connectivity index (χ1) is 11.3. The van der Waals surface area contributed by atoms with Crippen LogP contribution >= 0.6 is 0 Å². The number of hydrogen-bond donors (Lipinski definition) is 0. The van der Waals surface area contributed by atoms with E-state index in [0.29, 0.717) is 18.2 Å². The Labute approximate surface area is 135 Å². The summed E-state index contributed by atoms with van der Waals surface area (Å²) in [4.78, 5) is 10.3. The van der Waals surface area contributed by atoms with Crippen LogP contribution in [-0.4, -0.2) is 25.6 Å². The first kappa shape index (κ1) is 14.1. The molecule has 1 radical (unpaired) electrons. The van der Waals surface area contributed by atoms with Gasteiger partial charge in [-0.3, -0.25) is 0 Å². The summed E-state index contributed by atoms with van der Waals surface area (Å²) >= 11 is 0. The predicted molar refractivity (Wildman–Crippen MR) is 88.6 cm³/mol. The van der Waals surface area contributed by atoms with Crippen molar-refractivity contribution in [1.82, 2.24) is 4.98 Å². The van der Waals surface area contributed by atoms with E-state index in [1.807, 2.05) is 18.2 Å². The lowest BCUT2D eigenvalue weighted by Crippen LogP contribution is -2.19. The quantitative estimate of drug-likeness (QED) is 0.646. The second-order valence-corrected chi connectivity index (χ2v) is 5.69. The Hall–Kier alpha value is -2.52. The molecule has 4 rings (SSSR count). The summed E-state index contributed by atoms with van der Waals surface area (Å²) in [6.45, 7) is 9.80. The number of anilines is 1. The molecule has 1 fully saturated rings. The number of pyridine rings is 1. The molecule has 0 amide bonds. The fourth-order valence-corrected chi connectivity index (χ4v) is 2.96. The molecule has 0 saturated carbocycles. The molecule has 0 N–H and O–H groups in total. The van der Waals surface area contributed by atoms with Gasteiger partial charge < -0.3 is 14.3 Å². The molecule has 113 valence electrons. The van der Waals surface area contributed by atoms with Crippen LogP contribution < -0.4 is 15.1 Å². The minimum atomic E-state index is 0.516. The number of rotatable bonds is 3. The first-order valence-electron chi connectivity index (χ1n) is 7.72. The van der Waals surface area contributed by atoms with Gasteiger partial charge in [0.15, 0.2) is 0 Å². The number of hydrogen-bond acceptors (Lipinski definition) is 4. The molecule has 2 aliphatic rings. The number of benzene rings is 1. The van der Waals surface area contributed by atoms with Gasteiger partial charge in [-0.15, -0.1) is 0 Å². The van der Waals surface area contributed by atoms with Crippen molar-refractivity contribution in [3.63, 3.8) is 0 Å². The van der Waals surface area contributed by atoms with Gasteiger partial charge in [-0.25, -0.2) is 9.83 Å². The molecule has 0 atom stereocenters. The van der Waals surface area contributed by atoms with Crippen LogP contribution in [0.5, 0.6) is 11.6 Å². The molecular weight excluding hydrogens is 289 g/mol. The Morgan fingerprint density at radius 3 is 2.91 bits per heavy atom. The van der Waals surface area contributed by atoms with Crippen molar-refractivity contribution in [3.8, 4) is 11.6 Å². The van der Waals surface area contributed by atoms with Crippen molar-refractivity contribution in [2.24, 2.45) is 0 Å². The topological polar surface area (TPSA) is 39.0 Å². The third-order valence-electron chi connectivity index (χ3n) is 4.14. The van der Waals surface area contributed by atoms with Crippen LogP contribution in [0.1, 0.15) is 18.4 Å². The van der Waals surface area contributed by atoms with E-state index in [9.17, 15) is 0 Å². The average Bonchev–Trinajstić information content (AvgIpc) is 3.26. The highest BCUT2D eigenvalue weighted by molar-refractivity contribution is 6.48. The van der Waals surface area contributed by atoms with Gasteiger partial charge in [0.2, 0.25) is 11.6 Å². The number of fused-ring (bicyclic) bond motifs is 1. The summed E-state index contributed by atoms with van der Waals surface area (Å²) in [5.41, 5.74) is 2.78. The van der Waals surface area contributed by atoms with Crippen LogP contribution in [0.3, 0.4) is 0 Å². The van der Waals surface area contributed by atoms with Gasteiger partial charge in [0.1, 0.15) is 11.6 Å². The minimum Gasteiger partial charge on any atom is -0.439 e. The maximum Gasteiger partial charge on any atom is 0.330 e. The molecule has 0 unspecified atom stereocenters. The van der Waals surface area contributed by atoms with Crippen molar-refractivity contribution in [2.45, 2.75) is 19.4 Å². The van der Waals surface area contributed by atoms with Crippen molar-refractivity contribution >= 4 is 24.5 Å². The Morgan fingerprint density at radius 1 is 1.22 bits per heavy atom. The van der Waals surface area contributed by atoms with Crippen LogP contribution in [0, 0.1) is 6.57 Å². The zero-order valence-electron chi connectivity index (χ0n) is 12.7. The molecule has 2 aliphatic heterocycles. The third kappa shape index (κ3) is 2.76. The molecule has 0 aliphatic carbocycles. The first-order valence-corrected chi connectivity index (χ1v) is 7.72. The summed E-state index contributed by atoms with van der Waals surface area (Å²) in [6.07, 6.45) is 2.29. The zero-order valence-corrected chi connectivity index (χ0v) is 12.7. The maximum atomic E-state index is 7.32. The molecule has 5 nitrogen and oxygen atoms in total. The minimum absolute atomic E-state index is 0.516. The van der Waals surface area contributed by atoms with E-state index in [-0.39, 0.29) is 0 Å². The fourth-order valence-electron chi connectivity index (χ4n) is 2.96. The van der Waals surface area contributed by atoms with Gasteiger partial charge in [0, 0.05) is 13.1 Å². The highest BCUT2D eigenvalue weighted by atomic mass is 16.5. The summed E-state index contributed by atoms with van der Waals surface area (Å²) < 4.78 is 11.2. The summed E-state index contributed by atoms with van der Waals surface area (Å²) in [5, 5.41) is 0. The van der Waals surface area contributed by atoms with Gasteiger partial charge in [-0.2, -0.15) is 0 Å². The van der Waals surface area contributed by atoms with Crippen LogP contribution in [-0.2, 0) is 11.3 Å². The van der Waals surface area contributed by atoms with Gasteiger partial charge in [-0.05, 0) is 48.1 Å². The Morgan fingerprint density at radius 2 is 2.09 bits per heavy atom. The van der Waals surface area contributed by atoms with Crippen LogP contribution in [0.25, 0.3) is 4.85 Å². The number of aromatic nitrogens is 1. The molecule has 0 bridgehead atoms. The Balaban J connectivity index is 1.61. The highest BCUT2D eigenvalue weighted by Crippen LogP contribution is 2.33. The van der Waals surface area contributed by atoms with E-state index in [0.717, 1.165) is 48.5 Å². The molecule has 6 heteroatoms. The van der Waals surface area contributed by atoms with Gasteiger partial charge in [0.05, 0.1) is 13.2 Å². The van der Waals surface area contributed by atoms with E-state index in [4.69, 9.17) is 16.0 Å². The summed E-state index contributed by atoms with van der Waals surface area (Å²) in [7, 11) is 1.76. The van der Waals surface area contributed by atoms with E-state index >= 15 is 0 Å². The van der Waals surface area contributed by atoms with E-state index in [2.05, 4.69) is 14.7 Å². The van der Waals surface area contributed by atoms with E-state index in [1.165, 1.54) is 0 Å². The maximum absolute atomic E-state index is 7.32. The van der Waals surface area contributed by atoms with Crippen LogP contribution in [0.2, 0.25) is 0 Å². The van der Waals surface area contributed by atoms with Crippen molar-refractivity contribution < 1.29 is 9.39 Å².